The Bertz CT molecular complexity index is 843. The maximum atomic E-state index is 9.55. The zero-order valence-corrected chi connectivity index (χ0v) is 18.0. The number of anilines is 1. The molecule has 3 nitrogen and oxygen atoms in total. The van der Waals surface area contributed by atoms with E-state index < -0.39 is 0 Å². The van der Waals surface area contributed by atoms with Crippen LogP contribution < -0.4 is 4.90 Å². The van der Waals surface area contributed by atoms with E-state index in [9.17, 15) is 5.26 Å². The van der Waals surface area contributed by atoms with E-state index in [0.717, 1.165) is 37.3 Å². The molecule has 0 saturated carbocycles. The number of unbranched alkanes of at least 4 members (excludes halogenated alkanes) is 3. The summed E-state index contributed by atoms with van der Waals surface area (Å²) in [6.07, 6.45) is 7.23. The molecule has 0 N–H and O–H groups in total. The van der Waals surface area contributed by atoms with Crippen LogP contribution in [0.25, 0.3) is 11.6 Å². The van der Waals surface area contributed by atoms with Crippen LogP contribution in [0.5, 0.6) is 0 Å². The fraction of sp³-hybridized carbons (Fsp3) is 0.400. The van der Waals surface area contributed by atoms with Crippen LogP contribution in [0.3, 0.4) is 0 Å². The summed E-state index contributed by atoms with van der Waals surface area (Å²) < 4.78 is 0. The summed E-state index contributed by atoms with van der Waals surface area (Å²) in [5.41, 5.74) is 3.62. The number of halogens is 1. The van der Waals surface area contributed by atoms with Gasteiger partial charge in [0.1, 0.15) is 0 Å². The number of hydrogen-bond acceptors (Lipinski definition) is 3. The molecular weight excluding hydrogens is 378 g/mol. The SMILES string of the molecule is CCCCCCN1CCN(c2ccc(/C=C(\C#N)c3ccccc3Cl)cc2)CC1. The number of hydrogen-bond donors (Lipinski definition) is 0. The average Bonchev–Trinajstić information content (AvgIpc) is 2.77. The molecule has 0 amide bonds. The Labute approximate surface area is 180 Å². The van der Waals surface area contributed by atoms with Crippen LogP contribution in [0.15, 0.2) is 48.5 Å². The van der Waals surface area contributed by atoms with Gasteiger partial charge in [0.15, 0.2) is 0 Å². The molecule has 152 valence electrons. The molecule has 1 fully saturated rings. The van der Waals surface area contributed by atoms with Crippen LogP contribution >= 0.6 is 11.6 Å². The summed E-state index contributed by atoms with van der Waals surface area (Å²) >= 11 is 6.25. The Morgan fingerprint density at radius 1 is 1.00 bits per heavy atom. The summed E-state index contributed by atoms with van der Waals surface area (Å²) in [6, 6.07) is 18.2. The minimum atomic E-state index is 0.583. The van der Waals surface area contributed by atoms with Crippen molar-refractivity contribution in [2.45, 2.75) is 32.6 Å². The number of rotatable bonds is 8. The molecule has 0 radical (unpaired) electrons. The Morgan fingerprint density at radius 3 is 2.38 bits per heavy atom. The smallest absolute Gasteiger partial charge is 0.0998 e. The predicted molar refractivity (Wildman–Crippen MR) is 124 cm³/mol. The van der Waals surface area contributed by atoms with Gasteiger partial charge in [0, 0.05) is 42.5 Å². The maximum Gasteiger partial charge on any atom is 0.0998 e. The van der Waals surface area contributed by atoms with Gasteiger partial charge in [0.25, 0.3) is 0 Å². The summed E-state index contributed by atoms with van der Waals surface area (Å²) in [4.78, 5) is 5.04. The molecule has 0 atom stereocenters. The Hall–Kier alpha value is -2.28. The molecule has 0 unspecified atom stereocenters. The van der Waals surface area contributed by atoms with Gasteiger partial charge in [0.05, 0.1) is 11.6 Å². The highest BCUT2D eigenvalue weighted by Crippen LogP contribution is 2.26. The number of allylic oxidation sites excluding steroid dienone is 1. The zero-order valence-electron chi connectivity index (χ0n) is 17.3. The van der Waals surface area contributed by atoms with Crippen LogP contribution in [0.1, 0.15) is 43.7 Å². The topological polar surface area (TPSA) is 30.3 Å². The van der Waals surface area contributed by atoms with Crippen molar-refractivity contribution in [3.05, 3.63) is 64.7 Å². The van der Waals surface area contributed by atoms with Crippen molar-refractivity contribution in [2.75, 3.05) is 37.6 Å². The average molecular weight is 408 g/mol. The second kappa shape index (κ2) is 11.0. The van der Waals surface area contributed by atoms with Crippen LogP contribution in [0.4, 0.5) is 5.69 Å². The molecule has 1 heterocycles. The molecule has 0 spiro atoms. The number of nitrogens with zero attached hydrogens (tertiary/aromatic N) is 3. The highest BCUT2D eigenvalue weighted by molar-refractivity contribution is 6.32. The fourth-order valence-electron chi connectivity index (χ4n) is 3.79. The first-order valence-electron chi connectivity index (χ1n) is 10.7. The van der Waals surface area contributed by atoms with Gasteiger partial charge >= 0.3 is 0 Å². The fourth-order valence-corrected chi connectivity index (χ4v) is 4.03. The predicted octanol–water partition coefficient (Wildman–Crippen LogP) is 6.11. The highest BCUT2D eigenvalue weighted by atomic mass is 35.5. The number of benzene rings is 2. The van der Waals surface area contributed by atoms with E-state index in [0.29, 0.717) is 10.6 Å². The molecule has 1 saturated heterocycles. The zero-order chi connectivity index (χ0) is 20.5. The first-order chi connectivity index (χ1) is 14.2. The molecular formula is C25H30ClN3. The van der Waals surface area contributed by atoms with Gasteiger partial charge < -0.3 is 4.90 Å². The van der Waals surface area contributed by atoms with Gasteiger partial charge in [-0.3, -0.25) is 4.90 Å². The third-order valence-electron chi connectivity index (χ3n) is 5.55. The van der Waals surface area contributed by atoms with Crippen molar-refractivity contribution in [1.29, 1.82) is 5.26 Å². The molecule has 0 bridgehead atoms. The van der Waals surface area contributed by atoms with Gasteiger partial charge in [-0.25, -0.2) is 0 Å². The van der Waals surface area contributed by atoms with E-state index in [2.05, 4.69) is 47.1 Å². The molecule has 2 aromatic rings. The van der Waals surface area contributed by atoms with Crippen LogP contribution in [-0.2, 0) is 0 Å². The Morgan fingerprint density at radius 2 is 1.72 bits per heavy atom. The van der Waals surface area contributed by atoms with Crippen molar-refractivity contribution in [2.24, 2.45) is 0 Å². The highest BCUT2D eigenvalue weighted by Gasteiger charge is 2.16. The molecule has 29 heavy (non-hydrogen) atoms. The van der Waals surface area contributed by atoms with Gasteiger partial charge in [0.2, 0.25) is 0 Å². The maximum absolute atomic E-state index is 9.55. The van der Waals surface area contributed by atoms with Gasteiger partial charge in [-0.15, -0.1) is 0 Å². The molecule has 1 aliphatic rings. The van der Waals surface area contributed by atoms with Crippen molar-refractivity contribution < 1.29 is 0 Å². The van der Waals surface area contributed by atoms with E-state index in [1.165, 1.54) is 37.9 Å². The molecule has 1 aliphatic heterocycles. The van der Waals surface area contributed by atoms with Crippen LogP contribution in [0, 0.1) is 11.3 Å². The second-order valence-electron chi connectivity index (χ2n) is 7.63. The lowest BCUT2D eigenvalue weighted by molar-refractivity contribution is 0.252. The summed E-state index contributed by atoms with van der Waals surface area (Å²) in [5, 5.41) is 10.2. The molecule has 0 aliphatic carbocycles. The monoisotopic (exact) mass is 407 g/mol. The summed E-state index contributed by atoms with van der Waals surface area (Å²) in [5.74, 6) is 0. The normalized spacial score (nSPS) is 15.3. The van der Waals surface area contributed by atoms with Crippen molar-refractivity contribution in [3.8, 4) is 6.07 Å². The lowest BCUT2D eigenvalue weighted by Crippen LogP contribution is -2.46. The van der Waals surface area contributed by atoms with Crippen LogP contribution in [-0.4, -0.2) is 37.6 Å². The van der Waals surface area contributed by atoms with Gasteiger partial charge in [-0.1, -0.05) is 68.1 Å². The van der Waals surface area contributed by atoms with Crippen LogP contribution in [0.2, 0.25) is 5.02 Å². The standard InChI is InChI=1S/C25H30ClN3/c1-2-3-4-7-14-28-15-17-29(18-16-28)23-12-10-21(11-13-23)19-22(20-27)24-8-5-6-9-25(24)26/h5-6,8-13,19H,2-4,7,14-18H2,1H3/b22-19+. The van der Waals surface area contributed by atoms with E-state index >= 15 is 0 Å². The Kier molecular flexibility index (Phi) is 8.16. The molecule has 0 aromatic heterocycles. The molecule has 3 rings (SSSR count). The quantitative estimate of drug-likeness (QED) is 0.300. The molecule has 4 heteroatoms. The second-order valence-corrected chi connectivity index (χ2v) is 8.04. The third-order valence-corrected chi connectivity index (χ3v) is 5.88. The third kappa shape index (κ3) is 6.10. The minimum absolute atomic E-state index is 0.583. The first-order valence-corrected chi connectivity index (χ1v) is 11.0. The van der Waals surface area contributed by atoms with E-state index in [1.54, 1.807) is 0 Å². The first kappa shape index (κ1) is 21.4. The van der Waals surface area contributed by atoms with Gasteiger partial charge in [-0.05, 0) is 42.8 Å². The number of nitriles is 1. The lowest BCUT2D eigenvalue weighted by atomic mass is 10.0. The Balaban J connectivity index is 1.58. The minimum Gasteiger partial charge on any atom is -0.369 e. The lowest BCUT2D eigenvalue weighted by Gasteiger charge is -2.36. The van der Waals surface area contributed by atoms with Crippen molar-refractivity contribution in [3.63, 3.8) is 0 Å². The van der Waals surface area contributed by atoms with Crippen molar-refractivity contribution >= 4 is 28.9 Å². The van der Waals surface area contributed by atoms with E-state index in [1.807, 2.05) is 30.3 Å². The van der Waals surface area contributed by atoms with E-state index in [-0.39, 0.29) is 0 Å². The van der Waals surface area contributed by atoms with Gasteiger partial charge in [-0.2, -0.15) is 5.26 Å². The summed E-state index contributed by atoms with van der Waals surface area (Å²) in [6.45, 7) is 7.92. The van der Waals surface area contributed by atoms with E-state index in [4.69, 9.17) is 11.6 Å². The van der Waals surface area contributed by atoms with Crippen molar-refractivity contribution in [1.82, 2.24) is 4.90 Å². The summed E-state index contributed by atoms with van der Waals surface area (Å²) in [7, 11) is 0. The largest absolute Gasteiger partial charge is 0.369 e. The molecule has 2 aromatic carbocycles. The number of piperazine rings is 1.